The Balaban J connectivity index is 2.18. The molecule has 2 rings (SSSR count). The highest BCUT2D eigenvalue weighted by atomic mass is 16.6. The lowest BCUT2D eigenvalue weighted by Gasteiger charge is -2.13. The van der Waals surface area contributed by atoms with Crippen LogP contribution in [0.25, 0.3) is 0 Å². The van der Waals surface area contributed by atoms with Gasteiger partial charge in [-0.1, -0.05) is 31.2 Å². The van der Waals surface area contributed by atoms with Crippen LogP contribution < -0.4 is 5.32 Å². The fraction of sp³-hybridized carbons (Fsp3) is 0.357. The summed E-state index contributed by atoms with van der Waals surface area (Å²) in [6.45, 7) is 4.06. The number of benzene rings is 1. The van der Waals surface area contributed by atoms with E-state index in [0.29, 0.717) is 5.82 Å². The molecule has 0 aliphatic carbocycles. The second-order valence-electron chi connectivity index (χ2n) is 4.75. The van der Waals surface area contributed by atoms with Crippen LogP contribution in [0.15, 0.2) is 30.5 Å². The molecule has 0 fully saturated rings. The van der Waals surface area contributed by atoms with Crippen LogP contribution >= 0.6 is 0 Å². The van der Waals surface area contributed by atoms with Crippen LogP contribution in [0.5, 0.6) is 0 Å². The molecule has 1 heterocycles. The number of nitro groups is 1. The van der Waals surface area contributed by atoms with E-state index in [9.17, 15) is 10.1 Å². The van der Waals surface area contributed by atoms with Crippen molar-refractivity contribution in [3.05, 3.63) is 51.7 Å². The van der Waals surface area contributed by atoms with Crippen LogP contribution in [-0.4, -0.2) is 14.7 Å². The molecule has 0 bridgehead atoms. The van der Waals surface area contributed by atoms with Crippen molar-refractivity contribution in [2.75, 3.05) is 5.32 Å². The van der Waals surface area contributed by atoms with Crippen LogP contribution in [0.1, 0.15) is 31.0 Å². The number of aryl methyl sites for hydroxylation is 2. The normalized spacial score (nSPS) is 12.2. The van der Waals surface area contributed by atoms with E-state index in [0.717, 1.165) is 12.0 Å². The first-order valence-electron chi connectivity index (χ1n) is 6.54. The number of hydrogen-bond donors (Lipinski definition) is 1. The molecule has 6 nitrogen and oxygen atoms in total. The zero-order valence-corrected chi connectivity index (χ0v) is 11.8. The highest BCUT2D eigenvalue weighted by Crippen LogP contribution is 2.26. The van der Waals surface area contributed by atoms with E-state index < -0.39 is 4.92 Å². The molecule has 0 saturated heterocycles. The Hall–Kier alpha value is -2.37. The summed E-state index contributed by atoms with van der Waals surface area (Å²) in [6, 6.07) is 8.16. The van der Waals surface area contributed by atoms with E-state index in [4.69, 9.17) is 0 Å². The molecule has 0 spiro atoms. The smallest absolute Gasteiger partial charge is 0.330 e. The molecule has 0 amide bonds. The maximum absolute atomic E-state index is 10.9. The highest BCUT2D eigenvalue weighted by molar-refractivity contribution is 5.55. The van der Waals surface area contributed by atoms with Crippen molar-refractivity contribution in [2.24, 2.45) is 7.05 Å². The van der Waals surface area contributed by atoms with Crippen LogP contribution in [-0.2, 0) is 13.5 Å². The Kier molecular flexibility index (Phi) is 4.02. The Morgan fingerprint density at radius 3 is 2.60 bits per heavy atom. The van der Waals surface area contributed by atoms with Gasteiger partial charge < -0.3 is 5.32 Å². The highest BCUT2D eigenvalue weighted by Gasteiger charge is 2.20. The Bertz CT molecular complexity index is 604. The third kappa shape index (κ3) is 2.96. The minimum atomic E-state index is -0.428. The lowest BCUT2D eigenvalue weighted by atomic mass is 10.1. The molecule has 20 heavy (non-hydrogen) atoms. The molecule has 0 saturated carbocycles. The molecule has 0 aliphatic heterocycles. The van der Waals surface area contributed by atoms with Gasteiger partial charge in [-0.15, -0.1) is 5.10 Å². The van der Waals surface area contributed by atoms with Gasteiger partial charge in [-0.05, 0) is 24.5 Å². The van der Waals surface area contributed by atoms with E-state index in [1.807, 2.05) is 19.1 Å². The van der Waals surface area contributed by atoms with Crippen LogP contribution in [0, 0.1) is 10.1 Å². The van der Waals surface area contributed by atoms with Crippen molar-refractivity contribution in [3.63, 3.8) is 0 Å². The average molecular weight is 274 g/mol. The van der Waals surface area contributed by atoms with Crippen molar-refractivity contribution in [2.45, 2.75) is 26.3 Å². The summed E-state index contributed by atoms with van der Waals surface area (Å²) in [5.41, 5.74) is 2.33. The SMILES string of the molecule is CCc1ccc(C(C)Nc2nn(C)cc2[N+](=O)[O-])cc1. The van der Waals surface area contributed by atoms with E-state index >= 15 is 0 Å². The van der Waals surface area contributed by atoms with Gasteiger partial charge in [0, 0.05) is 7.05 Å². The molecule has 1 aromatic heterocycles. The first-order valence-corrected chi connectivity index (χ1v) is 6.54. The zero-order chi connectivity index (χ0) is 14.7. The minimum Gasteiger partial charge on any atom is -0.356 e. The minimum absolute atomic E-state index is 0.00970. The van der Waals surface area contributed by atoms with Crippen LogP contribution in [0.4, 0.5) is 11.5 Å². The summed E-state index contributed by atoms with van der Waals surface area (Å²) in [5.74, 6) is 0.296. The molecule has 1 N–H and O–H groups in total. The fourth-order valence-electron chi connectivity index (χ4n) is 2.04. The third-order valence-corrected chi connectivity index (χ3v) is 3.25. The molecular formula is C14H18N4O2. The second-order valence-corrected chi connectivity index (χ2v) is 4.75. The van der Waals surface area contributed by atoms with E-state index in [2.05, 4.69) is 29.5 Å². The maximum atomic E-state index is 10.9. The number of rotatable bonds is 5. The first-order chi connectivity index (χ1) is 9.51. The van der Waals surface area contributed by atoms with Crippen molar-refractivity contribution < 1.29 is 4.92 Å². The Morgan fingerprint density at radius 1 is 1.40 bits per heavy atom. The van der Waals surface area contributed by atoms with Gasteiger partial charge in [0.25, 0.3) is 0 Å². The third-order valence-electron chi connectivity index (χ3n) is 3.25. The van der Waals surface area contributed by atoms with Gasteiger partial charge in [-0.3, -0.25) is 14.8 Å². The van der Waals surface area contributed by atoms with Crippen molar-refractivity contribution in [1.29, 1.82) is 0 Å². The van der Waals surface area contributed by atoms with Crippen LogP contribution in [0.2, 0.25) is 0 Å². The molecule has 0 radical (unpaired) electrons. The average Bonchev–Trinajstić information content (AvgIpc) is 2.80. The number of nitrogens with one attached hydrogen (secondary N) is 1. The van der Waals surface area contributed by atoms with Gasteiger partial charge in [-0.2, -0.15) is 0 Å². The van der Waals surface area contributed by atoms with Gasteiger partial charge in [0.1, 0.15) is 6.20 Å². The maximum Gasteiger partial charge on any atom is 0.330 e. The van der Waals surface area contributed by atoms with E-state index in [1.54, 1.807) is 7.05 Å². The molecule has 0 aliphatic rings. The standard InChI is InChI=1S/C14H18N4O2/c1-4-11-5-7-12(8-6-11)10(2)15-14-13(18(19)20)9-17(3)16-14/h5-10H,4H2,1-3H3,(H,15,16). The summed E-state index contributed by atoms with van der Waals surface area (Å²) >= 11 is 0. The summed E-state index contributed by atoms with van der Waals surface area (Å²) in [6.07, 6.45) is 2.39. The molecule has 6 heteroatoms. The summed E-state index contributed by atoms with van der Waals surface area (Å²) in [5, 5.41) is 18.1. The van der Waals surface area contributed by atoms with Crippen molar-refractivity contribution in [1.82, 2.24) is 9.78 Å². The molecule has 2 aromatic rings. The topological polar surface area (TPSA) is 73.0 Å². The van der Waals surface area contributed by atoms with Gasteiger partial charge in [0.2, 0.25) is 5.82 Å². The summed E-state index contributed by atoms with van der Waals surface area (Å²) < 4.78 is 1.44. The quantitative estimate of drug-likeness (QED) is 0.671. The summed E-state index contributed by atoms with van der Waals surface area (Å²) in [7, 11) is 1.67. The fourth-order valence-corrected chi connectivity index (χ4v) is 2.04. The van der Waals surface area contributed by atoms with Crippen molar-refractivity contribution in [3.8, 4) is 0 Å². The van der Waals surface area contributed by atoms with Gasteiger partial charge in [-0.25, -0.2) is 0 Å². The molecular weight excluding hydrogens is 256 g/mol. The predicted molar refractivity (Wildman–Crippen MR) is 77.7 cm³/mol. The van der Waals surface area contributed by atoms with Gasteiger partial charge in [0.15, 0.2) is 0 Å². The van der Waals surface area contributed by atoms with Gasteiger partial charge in [0.05, 0.1) is 11.0 Å². The number of hydrogen-bond acceptors (Lipinski definition) is 4. The lowest BCUT2D eigenvalue weighted by Crippen LogP contribution is -2.08. The largest absolute Gasteiger partial charge is 0.356 e. The number of aromatic nitrogens is 2. The Labute approximate surface area is 117 Å². The van der Waals surface area contributed by atoms with Gasteiger partial charge >= 0.3 is 5.69 Å². The first kappa shape index (κ1) is 14.0. The number of nitrogens with zero attached hydrogens (tertiary/aromatic N) is 3. The number of anilines is 1. The summed E-state index contributed by atoms with van der Waals surface area (Å²) in [4.78, 5) is 10.5. The monoisotopic (exact) mass is 274 g/mol. The second kappa shape index (κ2) is 5.73. The molecule has 106 valence electrons. The lowest BCUT2D eigenvalue weighted by molar-refractivity contribution is -0.384. The Morgan fingerprint density at radius 2 is 2.05 bits per heavy atom. The van der Waals surface area contributed by atoms with E-state index in [-0.39, 0.29) is 11.7 Å². The molecule has 1 atom stereocenters. The molecule has 1 unspecified atom stereocenters. The zero-order valence-electron chi connectivity index (χ0n) is 11.8. The molecule has 1 aromatic carbocycles. The predicted octanol–water partition coefficient (Wildman–Crippen LogP) is 3.06. The van der Waals surface area contributed by atoms with Crippen molar-refractivity contribution >= 4 is 11.5 Å². The van der Waals surface area contributed by atoms with E-state index in [1.165, 1.54) is 16.4 Å². The van der Waals surface area contributed by atoms with Crippen LogP contribution in [0.3, 0.4) is 0 Å².